The van der Waals surface area contributed by atoms with Crippen LogP contribution in [0.2, 0.25) is 0 Å². The second kappa shape index (κ2) is 18.1. The molecule has 47 heavy (non-hydrogen) atoms. The van der Waals surface area contributed by atoms with Crippen molar-refractivity contribution >= 4 is 57.8 Å². The highest BCUT2D eigenvalue weighted by molar-refractivity contribution is 8.26. The van der Waals surface area contributed by atoms with E-state index < -0.39 is 5.97 Å². The smallest absolute Gasteiger partial charge is 0.303 e. The van der Waals surface area contributed by atoms with Crippen molar-refractivity contribution in [3.8, 4) is 6.07 Å². The first-order valence-corrected chi connectivity index (χ1v) is 18.2. The zero-order valence-electron chi connectivity index (χ0n) is 27.7. The summed E-state index contributed by atoms with van der Waals surface area (Å²) in [5.74, 6) is -0.0741. The lowest BCUT2D eigenvalue weighted by molar-refractivity contribution is -0.137. The predicted molar refractivity (Wildman–Crippen MR) is 195 cm³/mol. The van der Waals surface area contributed by atoms with Crippen molar-refractivity contribution in [2.24, 2.45) is 0 Å². The molecule has 252 valence electrons. The van der Waals surface area contributed by atoms with E-state index in [1.54, 1.807) is 9.47 Å². The van der Waals surface area contributed by atoms with E-state index in [9.17, 15) is 19.6 Å². The number of unbranched alkanes of at least 4 members (excludes halogenated alkanes) is 8. The van der Waals surface area contributed by atoms with Gasteiger partial charge in [0, 0.05) is 56.9 Å². The lowest BCUT2D eigenvalue weighted by Crippen LogP contribution is -2.48. The summed E-state index contributed by atoms with van der Waals surface area (Å²) < 4.78 is 2.29. The van der Waals surface area contributed by atoms with E-state index in [0.29, 0.717) is 41.0 Å². The summed E-state index contributed by atoms with van der Waals surface area (Å²) in [5, 5.41) is 18.8. The number of piperazine rings is 1. The molecule has 11 heteroatoms. The van der Waals surface area contributed by atoms with Crippen LogP contribution in [0.1, 0.15) is 94.2 Å². The van der Waals surface area contributed by atoms with Gasteiger partial charge >= 0.3 is 5.97 Å². The quantitative estimate of drug-likeness (QED) is 0.108. The summed E-state index contributed by atoms with van der Waals surface area (Å²) in [7, 11) is 0. The third kappa shape index (κ3) is 9.48. The molecule has 1 amide bonds. The Morgan fingerprint density at radius 2 is 1.55 bits per heavy atom. The van der Waals surface area contributed by atoms with Crippen molar-refractivity contribution in [1.29, 1.82) is 5.26 Å². The number of thiocarbonyl (C=S) groups is 1. The van der Waals surface area contributed by atoms with E-state index in [2.05, 4.69) is 34.9 Å². The molecule has 4 rings (SSSR count). The number of amides is 1. The Bertz CT molecular complexity index is 1540. The first-order chi connectivity index (χ1) is 22.8. The van der Waals surface area contributed by atoms with Crippen LogP contribution in [-0.4, -0.2) is 63.5 Å². The molecule has 1 aromatic carbocycles. The normalized spacial score (nSPS) is 15.9. The van der Waals surface area contributed by atoms with Gasteiger partial charge in [0.1, 0.15) is 21.8 Å². The fourth-order valence-electron chi connectivity index (χ4n) is 6.25. The van der Waals surface area contributed by atoms with E-state index in [4.69, 9.17) is 17.3 Å². The lowest BCUT2D eigenvalue weighted by Gasteiger charge is -2.39. The molecule has 0 aliphatic carbocycles. The molecular weight excluding hydrogens is 631 g/mol. The number of hydrogen-bond acceptors (Lipinski definition) is 8. The highest BCUT2D eigenvalue weighted by atomic mass is 32.2. The summed E-state index contributed by atoms with van der Waals surface area (Å²) in [6.45, 7) is 7.95. The van der Waals surface area contributed by atoms with Crippen LogP contribution in [0, 0.1) is 18.3 Å². The van der Waals surface area contributed by atoms with Crippen molar-refractivity contribution in [2.45, 2.75) is 91.0 Å². The number of benzene rings is 1. The maximum Gasteiger partial charge on any atom is 0.303 e. The van der Waals surface area contributed by atoms with Gasteiger partial charge in [-0.3, -0.25) is 23.9 Å². The van der Waals surface area contributed by atoms with Crippen LogP contribution < -0.4 is 15.4 Å². The van der Waals surface area contributed by atoms with E-state index in [1.165, 1.54) is 17.4 Å². The SMILES string of the molecule is CCCCn1c(N2CCN(c3ccccc3)CC2)c(C=C2SC(=S)N(CCCCCCCCCCC(=O)O)C2=O)c(C)c(C#N)c1=O. The number of carbonyl (C=O) groups excluding carboxylic acids is 1. The Labute approximate surface area is 288 Å². The molecule has 0 spiro atoms. The number of hydrogen-bond donors (Lipinski definition) is 1. The second-order valence-corrected chi connectivity index (χ2v) is 14.0. The number of aromatic nitrogens is 1. The molecule has 1 N–H and O–H groups in total. The maximum absolute atomic E-state index is 13.7. The highest BCUT2D eigenvalue weighted by Gasteiger charge is 2.33. The number of carboxylic acid groups (broad SMARTS) is 1. The topological polar surface area (TPSA) is 110 Å². The second-order valence-electron chi connectivity index (χ2n) is 12.3. The standard InChI is InChI=1S/C36H47N5O4S2/c1-3-4-19-40-33(39-23-21-38(22-24-39)28-16-12-11-13-17-28)29(27(2)30(26-37)34(40)44)25-31-35(45)41(36(46)47-31)20-15-10-8-6-5-7-9-14-18-32(42)43/h11-13,16-17,25H,3-10,14-15,18-24H2,1-2H3,(H,42,43). The molecule has 1 aromatic heterocycles. The Balaban J connectivity index is 1.49. The van der Waals surface area contributed by atoms with Gasteiger partial charge in [-0.05, 0) is 50.0 Å². The fourth-order valence-corrected chi connectivity index (χ4v) is 7.54. The molecule has 2 saturated heterocycles. The number of rotatable bonds is 17. The van der Waals surface area contributed by atoms with Crippen LogP contribution in [0.25, 0.3) is 6.08 Å². The van der Waals surface area contributed by atoms with Crippen molar-refractivity contribution in [3.05, 3.63) is 62.3 Å². The van der Waals surface area contributed by atoms with Crippen molar-refractivity contribution in [1.82, 2.24) is 9.47 Å². The fraction of sp³-hybridized carbons (Fsp3) is 0.528. The molecule has 0 saturated carbocycles. The lowest BCUT2D eigenvalue weighted by atomic mass is 10.0. The minimum atomic E-state index is -0.730. The number of para-hydroxylation sites is 1. The van der Waals surface area contributed by atoms with Gasteiger partial charge in [-0.15, -0.1) is 0 Å². The van der Waals surface area contributed by atoms with Gasteiger partial charge in [-0.2, -0.15) is 5.26 Å². The Morgan fingerprint density at radius 1 is 0.936 bits per heavy atom. The van der Waals surface area contributed by atoms with E-state index in [0.717, 1.165) is 88.7 Å². The van der Waals surface area contributed by atoms with Gasteiger partial charge in [-0.1, -0.05) is 94.0 Å². The summed E-state index contributed by atoms with van der Waals surface area (Å²) in [5.41, 5.74) is 2.36. The van der Waals surface area contributed by atoms with Gasteiger partial charge < -0.3 is 14.9 Å². The van der Waals surface area contributed by atoms with Crippen LogP contribution in [0.15, 0.2) is 40.0 Å². The van der Waals surface area contributed by atoms with Crippen LogP contribution in [0.4, 0.5) is 11.5 Å². The Kier molecular flexibility index (Phi) is 13.9. The number of nitrogens with zero attached hydrogens (tertiary/aromatic N) is 5. The van der Waals surface area contributed by atoms with Crippen molar-refractivity contribution < 1.29 is 14.7 Å². The summed E-state index contributed by atoms with van der Waals surface area (Å²) in [4.78, 5) is 44.8. The number of pyridine rings is 1. The molecule has 0 atom stereocenters. The molecule has 2 fully saturated rings. The largest absolute Gasteiger partial charge is 0.481 e. The molecule has 2 aromatic rings. The van der Waals surface area contributed by atoms with Crippen molar-refractivity contribution in [3.63, 3.8) is 0 Å². The first-order valence-electron chi connectivity index (χ1n) is 17.0. The third-order valence-corrected chi connectivity index (χ3v) is 10.3. The highest BCUT2D eigenvalue weighted by Crippen LogP contribution is 2.36. The molecule has 3 heterocycles. The van der Waals surface area contributed by atoms with Gasteiger partial charge in [0.05, 0.1) is 4.91 Å². The van der Waals surface area contributed by atoms with Crippen LogP contribution in [-0.2, 0) is 16.1 Å². The zero-order chi connectivity index (χ0) is 33.8. The van der Waals surface area contributed by atoms with E-state index in [1.807, 2.05) is 31.2 Å². The number of thioether (sulfide) groups is 1. The van der Waals surface area contributed by atoms with E-state index in [-0.39, 0.29) is 23.5 Å². The van der Waals surface area contributed by atoms with Crippen LogP contribution in [0.5, 0.6) is 0 Å². The summed E-state index contributed by atoms with van der Waals surface area (Å²) >= 11 is 6.95. The number of carbonyl (C=O) groups is 2. The monoisotopic (exact) mass is 677 g/mol. The van der Waals surface area contributed by atoms with Crippen LogP contribution in [0.3, 0.4) is 0 Å². The molecule has 9 nitrogen and oxygen atoms in total. The van der Waals surface area contributed by atoms with Gasteiger partial charge in [0.2, 0.25) is 0 Å². The summed E-state index contributed by atoms with van der Waals surface area (Å²) in [6.07, 6.45) is 11.7. The number of aliphatic carboxylic acids is 1. The molecule has 2 aliphatic heterocycles. The van der Waals surface area contributed by atoms with Gasteiger partial charge in [-0.25, -0.2) is 0 Å². The Morgan fingerprint density at radius 3 is 2.17 bits per heavy atom. The maximum atomic E-state index is 13.7. The third-order valence-electron chi connectivity index (χ3n) is 8.95. The molecule has 0 radical (unpaired) electrons. The number of anilines is 2. The average Bonchev–Trinajstić information content (AvgIpc) is 3.34. The minimum absolute atomic E-state index is 0.122. The average molecular weight is 678 g/mol. The number of nitriles is 1. The molecule has 2 aliphatic rings. The molecule has 0 bridgehead atoms. The molecule has 0 unspecified atom stereocenters. The number of carboxylic acids is 1. The molecular formula is C36H47N5O4S2. The Hall–Kier alpha value is -3.62. The van der Waals surface area contributed by atoms with E-state index >= 15 is 0 Å². The first kappa shape index (κ1) is 36.2. The zero-order valence-corrected chi connectivity index (χ0v) is 29.3. The minimum Gasteiger partial charge on any atom is -0.481 e. The van der Waals surface area contributed by atoms with Crippen LogP contribution >= 0.6 is 24.0 Å². The summed E-state index contributed by atoms with van der Waals surface area (Å²) in [6, 6.07) is 12.5. The predicted octanol–water partition coefficient (Wildman–Crippen LogP) is 6.95. The van der Waals surface area contributed by atoms with Gasteiger partial charge in [0.25, 0.3) is 11.5 Å². The van der Waals surface area contributed by atoms with Crippen molar-refractivity contribution in [2.75, 3.05) is 42.5 Å². The van der Waals surface area contributed by atoms with Gasteiger partial charge in [0.15, 0.2) is 0 Å².